The fourth-order valence-electron chi connectivity index (χ4n) is 2.36. The van der Waals surface area contributed by atoms with E-state index in [0.717, 1.165) is 16.9 Å². The molecule has 1 aromatic heterocycles. The highest BCUT2D eigenvalue weighted by atomic mass is 19.1. The van der Waals surface area contributed by atoms with E-state index in [9.17, 15) is 4.39 Å². The number of hydrogen-bond donors (Lipinski definition) is 1. The Bertz CT molecular complexity index is 879. The lowest BCUT2D eigenvalue weighted by Gasteiger charge is -2.10. The Balaban J connectivity index is 1.73. The zero-order valence-corrected chi connectivity index (χ0v) is 14.5. The van der Waals surface area contributed by atoms with Gasteiger partial charge in [-0.05, 0) is 50.1 Å². The van der Waals surface area contributed by atoms with Gasteiger partial charge in [0.25, 0.3) is 0 Å². The van der Waals surface area contributed by atoms with Gasteiger partial charge in [0.05, 0.1) is 0 Å². The van der Waals surface area contributed by atoms with Crippen LogP contribution in [0.5, 0.6) is 5.88 Å². The SMILES string of the molecule is Cc1ccc(COc2cc(C)nc(Nc3ccc(F)c(C)c3)n2)cc1. The minimum absolute atomic E-state index is 0.238. The summed E-state index contributed by atoms with van der Waals surface area (Å²) < 4.78 is 19.2. The summed E-state index contributed by atoms with van der Waals surface area (Å²) in [5.74, 6) is 0.678. The minimum atomic E-state index is -0.238. The second-order valence-electron chi connectivity index (χ2n) is 6.03. The molecule has 0 spiro atoms. The molecule has 128 valence electrons. The molecule has 0 aliphatic rings. The molecule has 5 heteroatoms. The summed E-state index contributed by atoms with van der Waals surface area (Å²) in [6.45, 7) is 6.08. The quantitative estimate of drug-likeness (QED) is 0.722. The second kappa shape index (κ2) is 7.30. The Labute approximate surface area is 146 Å². The fraction of sp³-hybridized carbons (Fsp3) is 0.200. The highest BCUT2D eigenvalue weighted by molar-refractivity contribution is 5.55. The number of hydrogen-bond acceptors (Lipinski definition) is 4. The summed E-state index contributed by atoms with van der Waals surface area (Å²) in [5.41, 5.74) is 4.37. The van der Waals surface area contributed by atoms with Crippen molar-refractivity contribution in [3.8, 4) is 5.88 Å². The van der Waals surface area contributed by atoms with Crippen molar-refractivity contribution in [3.05, 3.63) is 76.7 Å². The normalized spacial score (nSPS) is 10.6. The van der Waals surface area contributed by atoms with Gasteiger partial charge in [0, 0.05) is 17.4 Å². The zero-order chi connectivity index (χ0) is 17.8. The van der Waals surface area contributed by atoms with Gasteiger partial charge in [0.1, 0.15) is 12.4 Å². The Hall–Kier alpha value is -2.95. The summed E-state index contributed by atoms with van der Waals surface area (Å²) in [4.78, 5) is 8.73. The van der Waals surface area contributed by atoms with E-state index in [1.807, 2.05) is 38.1 Å². The van der Waals surface area contributed by atoms with Crippen molar-refractivity contribution in [2.24, 2.45) is 0 Å². The molecule has 0 saturated heterocycles. The van der Waals surface area contributed by atoms with Gasteiger partial charge in [0.2, 0.25) is 11.8 Å². The minimum Gasteiger partial charge on any atom is -0.473 e. The number of nitrogens with one attached hydrogen (secondary N) is 1. The lowest BCUT2D eigenvalue weighted by atomic mass is 10.2. The molecule has 0 radical (unpaired) electrons. The van der Waals surface area contributed by atoms with Crippen LogP contribution in [0.4, 0.5) is 16.0 Å². The lowest BCUT2D eigenvalue weighted by molar-refractivity contribution is 0.293. The van der Waals surface area contributed by atoms with Crippen LogP contribution in [0, 0.1) is 26.6 Å². The summed E-state index contributed by atoms with van der Waals surface area (Å²) in [6, 6.07) is 14.7. The lowest BCUT2D eigenvalue weighted by Crippen LogP contribution is -2.03. The van der Waals surface area contributed by atoms with Crippen molar-refractivity contribution in [1.82, 2.24) is 9.97 Å². The first kappa shape index (κ1) is 16.9. The molecule has 0 amide bonds. The largest absolute Gasteiger partial charge is 0.473 e. The van der Waals surface area contributed by atoms with Crippen molar-refractivity contribution in [2.75, 3.05) is 5.32 Å². The molecule has 2 aromatic carbocycles. The van der Waals surface area contributed by atoms with Gasteiger partial charge in [0.15, 0.2) is 0 Å². The second-order valence-corrected chi connectivity index (χ2v) is 6.03. The number of nitrogens with zero attached hydrogens (tertiary/aromatic N) is 2. The maximum absolute atomic E-state index is 13.4. The average Bonchev–Trinajstić information content (AvgIpc) is 2.57. The van der Waals surface area contributed by atoms with E-state index in [0.29, 0.717) is 24.0 Å². The van der Waals surface area contributed by atoms with E-state index in [1.54, 1.807) is 25.1 Å². The molecule has 0 fully saturated rings. The van der Waals surface area contributed by atoms with E-state index < -0.39 is 0 Å². The predicted molar refractivity (Wildman–Crippen MR) is 96.7 cm³/mol. The van der Waals surface area contributed by atoms with E-state index >= 15 is 0 Å². The van der Waals surface area contributed by atoms with Crippen LogP contribution in [0.25, 0.3) is 0 Å². The van der Waals surface area contributed by atoms with Crippen molar-refractivity contribution in [1.29, 1.82) is 0 Å². The molecule has 3 aromatic rings. The molecular formula is C20H20FN3O. The summed E-state index contributed by atoms with van der Waals surface area (Å²) >= 11 is 0. The molecule has 0 bridgehead atoms. The van der Waals surface area contributed by atoms with Crippen LogP contribution >= 0.6 is 0 Å². The number of aryl methyl sites for hydroxylation is 3. The molecule has 0 unspecified atom stereocenters. The van der Waals surface area contributed by atoms with Crippen molar-refractivity contribution in [2.45, 2.75) is 27.4 Å². The number of ether oxygens (including phenoxy) is 1. The van der Waals surface area contributed by atoms with Crippen molar-refractivity contribution >= 4 is 11.6 Å². The summed E-state index contributed by atoms with van der Waals surface area (Å²) in [7, 11) is 0. The van der Waals surface area contributed by atoms with Crippen LogP contribution < -0.4 is 10.1 Å². The summed E-state index contributed by atoms with van der Waals surface area (Å²) in [6.07, 6.45) is 0. The maximum Gasteiger partial charge on any atom is 0.230 e. The van der Waals surface area contributed by atoms with Gasteiger partial charge in [-0.25, -0.2) is 9.37 Å². The molecule has 0 aliphatic carbocycles. The van der Waals surface area contributed by atoms with E-state index in [4.69, 9.17) is 4.74 Å². The Morgan fingerprint density at radius 2 is 1.72 bits per heavy atom. The smallest absolute Gasteiger partial charge is 0.230 e. The first-order valence-corrected chi connectivity index (χ1v) is 8.07. The van der Waals surface area contributed by atoms with E-state index in [1.165, 1.54) is 11.6 Å². The topological polar surface area (TPSA) is 47.0 Å². The van der Waals surface area contributed by atoms with Crippen LogP contribution in [-0.2, 0) is 6.61 Å². The molecule has 0 atom stereocenters. The average molecular weight is 337 g/mol. The predicted octanol–water partition coefficient (Wildman–Crippen LogP) is 4.86. The molecule has 3 rings (SSSR count). The third-order valence-corrected chi connectivity index (χ3v) is 3.75. The molecule has 4 nitrogen and oxygen atoms in total. The third kappa shape index (κ3) is 4.53. The number of aromatic nitrogens is 2. The number of anilines is 2. The van der Waals surface area contributed by atoms with Crippen LogP contribution in [0.15, 0.2) is 48.5 Å². The first-order valence-electron chi connectivity index (χ1n) is 8.07. The van der Waals surface area contributed by atoms with Gasteiger partial charge < -0.3 is 10.1 Å². The first-order chi connectivity index (χ1) is 12.0. The highest BCUT2D eigenvalue weighted by Crippen LogP contribution is 2.20. The van der Waals surface area contributed by atoms with E-state index in [2.05, 4.69) is 15.3 Å². The number of rotatable bonds is 5. The van der Waals surface area contributed by atoms with E-state index in [-0.39, 0.29) is 5.82 Å². The zero-order valence-electron chi connectivity index (χ0n) is 14.5. The van der Waals surface area contributed by atoms with Gasteiger partial charge in [-0.15, -0.1) is 0 Å². The molecule has 0 saturated carbocycles. The van der Waals surface area contributed by atoms with Crippen molar-refractivity contribution in [3.63, 3.8) is 0 Å². The number of benzene rings is 2. The van der Waals surface area contributed by atoms with Gasteiger partial charge in [-0.3, -0.25) is 0 Å². The van der Waals surface area contributed by atoms with Crippen LogP contribution in [0.1, 0.15) is 22.4 Å². The van der Waals surface area contributed by atoms with Crippen molar-refractivity contribution < 1.29 is 9.13 Å². The molecule has 0 aliphatic heterocycles. The molecular weight excluding hydrogens is 317 g/mol. The maximum atomic E-state index is 13.4. The fourth-order valence-corrected chi connectivity index (χ4v) is 2.36. The Kier molecular flexibility index (Phi) is 4.93. The van der Waals surface area contributed by atoms with Crippen LogP contribution in [0.3, 0.4) is 0 Å². The third-order valence-electron chi connectivity index (χ3n) is 3.75. The number of halogens is 1. The van der Waals surface area contributed by atoms with Gasteiger partial charge >= 0.3 is 0 Å². The molecule has 25 heavy (non-hydrogen) atoms. The standard InChI is InChI=1S/C20H20FN3O/c1-13-4-6-16(7-5-13)12-25-19-11-15(3)22-20(24-19)23-17-8-9-18(21)14(2)10-17/h4-11H,12H2,1-3H3,(H,22,23,24). The molecule has 1 N–H and O–H groups in total. The Morgan fingerprint density at radius 3 is 2.44 bits per heavy atom. The molecule has 1 heterocycles. The Morgan fingerprint density at radius 1 is 0.960 bits per heavy atom. The monoisotopic (exact) mass is 337 g/mol. The van der Waals surface area contributed by atoms with Crippen LogP contribution in [-0.4, -0.2) is 9.97 Å². The van der Waals surface area contributed by atoms with Gasteiger partial charge in [-0.1, -0.05) is 29.8 Å². The summed E-state index contributed by atoms with van der Waals surface area (Å²) in [5, 5.41) is 3.09. The van der Waals surface area contributed by atoms with Gasteiger partial charge in [-0.2, -0.15) is 4.98 Å². The highest BCUT2D eigenvalue weighted by Gasteiger charge is 2.06. The van der Waals surface area contributed by atoms with Crippen LogP contribution in [0.2, 0.25) is 0 Å².